The Morgan fingerprint density at radius 2 is 1.41 bits per heavy atom. The minimum Gasteiger partial charge on any atom is -0.488 e. The molecule has 0 unspecified atom stereocenters. The second kappa shape index (κ2) is 5.49. The van der Waals surface area contributed by atoms with Crippen LogP contribution in [0.4, 0.5) is 0 Å². The number of aromatic nitrogens is 1. The summed E-state index contributed by atoms with van der Waals surface area (Å²) in [6, 6.07) is 27.5. The summed E-state index contributed by atoms with van der Waals surface area (Å²) >= 11 is 0. The first kappa shape index (κ1) is 14.6. The van der Waals surface area contributed by atoms with Gasteiger partial charge in [0.1, 0.15) is 12.4 Å². The van der Waals surface area contributed by atoms with Crippen molar-refractivity contribution in [3.63, 3.8) is 0 Å². The van der Waals surface area contributed by atoms with Gasteiger partial charge in [-0.1, -0.05) is 72.8 Å². The van der Waals surface area contributed by atoms with Crippen molar-refractivity contribution < 1.29 is 4.74 Å². The summed E-state index contributed by atoms with van der Waals surface area (Å²) in [5.41, 5.74) is 5.87. The third kappa shape index (κ3) is 2.07. The molecule has 2 nitrogen and oxygen atoms in total. The average Bonchev–Trinajstić information content (AvgIpc) is 3.14. The van der Waals surface area contributed by atoms with Crippen LogP contribution < -0.4 is 4.74 Å². The molecule has 128 valence electrons. The zero-order valence-electron chi connectivity index (χ0n) is 14.7. The van der Waals surface area contributed by atoms with Crippen LogP contribution in [0, 0.1) is 0 Å². The Morgan fingerprint density at radius 1 is 0.704 bits per heavy atom. The number of H-pyrrole nitrogens is 1. The van der Waals surface area contributed by atoms with Crippen molar-refractivity contribution in [1.82, 2.24) is 4.98 Å². The fraction of sp³-hybridized carbons (Fsp3) is 0.0400. The number of rotatable bonds is 1. The molecule has 2 heterocycles. The number of hydrogen-bond donors (Lipinski definition) is 1. The van der Waals surface area contributed by atoms with Gasteiger partial charge in [-0.05, 0) is 28.7 Å². The Labute approximate surface area is 156 Å². The molecule has 6 rings (SSSR count). The van der Waals surface area contributed by atoms with Gasteiger partial charge >= 0.3 is 0 Å². The van der Waals surface area contributed by atoms with Crippen molar-refractivity contribution in [2.75, 3.05) is 6.61 Å². The molecule has 1 aromatic heterocycles. The third-order valence-corrected chi connectivity index (χ3v) is 5.50. The Balaban J connectivity index is 1.77. The summed E-state index contributed by atoms with van der Waals surface area (Å²) in [6.45, 7) is 0.590. The maximum absolute atomic E-state index is 6.32. The van der Waals surface area contributed by atoms with Crippen molar-refractivity contribution in [1.29, 1.82) is 0 Å². The van der Waals surface area contributed by atoms with Crippen LogP contribution in [0.5, 0.6) is 5.75 Å². The molecular weight excluding hydrogens is 330 g/mol. The topological polar surface area (TPSA) is 25.0 Å². The Kier molecular flexibility index (Phi) is 2.97. The van der Waals surface area contributed by atoms with Crippen LogP contribution in [0.2, 0.25) is 0 Å². The Bertz CT molecular complexity index is 1360. The summed E-state index contributed by atoms with van der Waals surface area (Å²) in [5, 5.41) is 4.94. The van der Waals surface area contributed by atoms with E-state index in [0.717, 1.165) is 22.3 Å². The second-order valence-corrected chi connectivity index (χ2v) is 7.03. The maximum Gasteiger partial charge on any atom is 0.137 e. The van der Waals surface area contributed by atoms with Gasteiger partial charge in [0.15, 0.2) is 0 Å². The summed E-state index contributed by atoms with van der Waals surface area (Å²) in [6.07, 6.45) is 2.29. The van der Waals surface area contributed by atoms with Crippen molar-refractivity contribution >= 4 is 44.2 Å². The van der Waals surface area contributed by atoms with Crippen LogP contribution in [0.3, 0.4) is 0 Å². The van der Waals surface area contributed by atoms with E-state index in [1.54, 1.807) is 0 Å². The lowest BCUT2D eigenvalue weighted by Gasteiger charge is -2.21. The van der Waals surface area contributed by atoms with Crippen LogP contribution >= 0.6 is 0 Å². The molecule has 5 aromatic rings. The smallest absolute Gasteiger partial charge is 0.137 e. The van der Waals surface area contributed by atoms with E-state index < -0.39 is 0 Å². The largest absolute Gasteiger partial charge is 0.488 e. The number of para-hydroxylation sites is 1. The highest BCUT2D eigenvalue weighted by Crippen LogP contribution is 2.44. The SMILES string of the molecule is C1=C(c2ccccc2)COc2c1c1[nH]c3ccccc3c1c1ccccc21. The number of nitrogens with one attached hydrogen (secondary N) is 1. The van der Waals surface area contributed by atoms with E-state index in [0.29, 0.717) is 6.61 Å². The predicted octanol–water partition coefficient (Wildman–Crippen LogP) is 6.41. The van der Waals surface area contributed by atoms with Crippen molar-refractivity contribution in [3.05, 3.63) is 90.0 Å². The number of fused-ring (bicyclic) bond motifs is 8. The molecule has 1 N–H and O–H groups in total. The van der Waals surface area contributed by atoms with Crippen LogP contribution in [0.1, 0.15) is 11.1 Å². The van der Waals surface area contributed by atoms with Crippen LogP contribution in [0.15, 0.2) is 78.9 Å². The third-order valence-electron chi connectivity index (χ3n) is 5.50. The van der Waals surface area contributed by atoms with Crippen molar-refractivity contribution in [2.24, 2.45) is 0 Å². The summed E-state index contributed by atoms with van der Waals surface area (Å²) in [4.78, 5) is 3.65. The fourth-order valence-corrected chi connectivity index (χ4v) is 4.26. The standard InChI is InChI=1S/C25H17NO/c1-2-8-16(9-3-1)17-14-21-24-23(20-12-6-7-13-22(20)26-24)18-10-4-5-11-19(18)25(21)27-15-17/h1-14,26H,15H2. The van der Waals surface area contributed by atoms with Gasteiger partial charge in [-0.25, -0.2) is 0 Å². The first-order valence-corrected chi connectivity index (χ1v) is 9.24. The van der Waals surface area contributed by atoms with Crippen LogP contribution in [-0.4, -0.2) is 11.6 Å². The molecule has 27 heavy (non-hydrogen) atoms. The molecule has 0 aliphatic carbocycles. The molecule has 0 fully saturated rings. The summed E-state index contributed by atoms with van der Waals surface area (Å²) in [5.74, 6) is 0.976. The minimum absolute atomic E-state index is 0.590. The van der Waals surface area contributed by atoms with Gasteiger partial charge < -0.3 is 9.72 Å². The molecule has 0 spiro atoms. The first-order chi connectivity index (χ1) is 13.4. The molecule has 0 radical (unpaired) electrons. The molecule has 0 bridgehead atoms. The maximum atomic E-state index is 6.32. The zero-order chi connectivity index (χ0) is 17.8. The highest BCUT2D eigenvalue weighted by molar-refractivity contribution is 6.24. The number of aromatic amines is 1. The predicted molar refractivity (Wildman–Crippen MR) is 113 cm³/mol. The van der Waals surface area contributed by atoms with Crippen molar-refractivity contribution in [3.8, 4) is 5.75 Å². The second-order valence-electron chi connectivity index (χ2n) is 7.03. The highest BCUT2D eigenvalue weighted by atomic mass is 16.5. The molecule has 2 heteroatoms. The van der Waals surface area contributed by atoms with Gasteiger partial charge in [0.2, 0.25) is 0 Å². The summed E-state index contributed by atoms with van der Waals surface area (Å²) < 4.78 is 6.32. The lowest BCUT2D eigenvalue weighted by atomic mass is 9.94. The van der Waals surface area contributed by atoms with Crippen LogP contribution in [-0.2, 0) is 0 Å². The van der Waals surface area contributed by atoms with Gasteiger partial charge in [0.25, 0.3) is 0 Å². The summed E-state index contributed by atoms with van der Waals surface area (Å²) in [7, 11) is 0. The van der Waals surface area contributed by atoms with Gasteiger partial charge in [0.05, 0.1) is 5.52 Å². The molecule has 0 atom stereocenters. The van der Waals surface area contributed by atoms with E-state index in [4.69, 9.17) is 4.74 Å². The Hall–Kier alpha value is -3.52. The van der Waals surface area contributed by atoms with Crippen molar-refractivity contribution in [2.45, 2.75) is 0 Å². The normalized spacial score (nSPS) is 13.6. The van der Waals surface area contributed by atoms with E-state index >= 15 is 0 Å². The number of hydrogen-bond acceptors (Lipinski definition) is 1. The highest BCUT2D eigenvalue weighted by Gasteiger charge is 2.21. The van der Waals surface area contributed by atoms with Gasteiger partial charge in [-0.2, -0.15) is 0 Å². The molecule has 0 amide bonds. The van der Waals surface area contributed by atoms with E-state index in [1.165, 1.54) is 32.7 Å². The number of ether oxygens (including phenoxy) is 1. The van der Waals surface area contributed by atoms with Gasteiger partial charge in [-0.3, -0.25) is 0 Å². The molecular formula is C25H17NO. The monoisotopic (exact) mass is 347 g/mol. The number of benzene rings is 4. The van der Waals surface area contributed by atoms with E-state index in [2.05, 4.69) is 83.9 Å². The molecule has 0 saturated heterocycles. The molecule has 1 aliphatic rings. The molecule has 1 aliphatic heterocycles. The lowest BCUT2D eigenvalue weighted by Crippen LogP contribution is -2.07. The lowest BCUT2D eigenvalue weighted by molar-refractivity contribution is 0.371. The van der Waals surface area contributed by atoms with Gasteiger partial charge in [-0.15, -0.1) is 0 Å². The van der Waals surface area contributed by atoms with E-state index in [9.17, 15) is 0 Å². The van der Waals surface area contributed by atoms with E-state index in [-0.39, 0.29) is 0 Å². The van der Waals surface area contributed by atoms with Crippen LogP contribution in [0.25, 0.3) is 44.2 Å². The molecule has 4 aromatic carbocycles. The quantitative estimate of drug-likeness (QED) is 0.372. The minimum atomic E-state index is 0.590. The zero-order valence-corrected chi connectivity index (χ0v) is 14.7. The average molecular weight is 347 g/mol. The van der Waals surface area contributed by atoms with Gasteiger partial charge in [0, 0.05) is 27.2 Å². The Morgan fingerprint density at radius 3 is 2.26 bits per heavy atom. The van der Waals surface area contributed by atoms with E-state index in [1.807, 2.05) is 6.07 Å². The first-order valence-electron chi connectivity index (χ1n) is 9.24. The molecule has 0 saturated carbocycles. The fourth-order valence-electron chi connectivity index (χ4n) is 4.26.